The number of hydrogen-bond acceptors (Lipinski definition) is 0. The molecular weight excluding hydrogens is 426 g/mol. The fourth-order valence-corrected chi connectivity index (χ4v) is 8.12. The molecule has 2 unspecified atom stereocenters. The van der Waals surface area contributed by atoms with Crippen LogP contribution >= 0.6 is 32.7 Å². The Bertz CT molecular complexity index is 764. The van der Waals surface area contributed by atoms with Crippen molar-refractivity contribution in [3.8, 4) is 0 Å². The molecule has 3 rings (SSSR count). The van der Waals surface area contributed by atoms with E-state index in [1.54, 1.807) is 9.45 Å². The molecule has 0 nitrogen and oxygen atoms in total. The molecule has 0 spiro atoms. The predicted molar refractivity (Wildman–Crippen MR) is 122 cm³/mol. The van der Waals surface area contributed by atoms with Gasteiger partial charge in [0, 0.05) is 0 Å². The van der Waals surface area contributed by atoms with Crippen molar-refractivity contribution < 1.29 is 20.4 Å². The van der Waals surface area contributed by atoms with Gasteiger partial charge >= 0.3 is 166 Å². The summed E-state index contributed by atoms with van der Waals surface area (Å²) in [5.41, 5.74) is 5.20. The summed E-state index contributed by atoms with van der Waals surface area (Å²) in [6.07, 6.45) is 0. The first-order valence-corrected chi connectivity index (χ1v) is 11.1. The van der Waals surface area contributed by atoms with E-state index in [4.69, 9.17) is 0 Å². The first kappa shape index (κ1) is 24.7. The summed E-state index contributed by atoms with van der Waals surface area (Å²) in [6.45, 7) is 11.8. The van der Waals surface area contributed by atoms with Crippen LogP contribution in [-0.2, 0) is 20.4 Å². The summed E-state index contributed by atoms with van der Waals surface area (Å²) < 4.78 is 1.55. The second kappa shape index (κ2) is 9.91. The van der Waals surface area contributed by atoms with Gasteiger partial charge in [-0.3, -0.25) is 0 Å². The molecule has 0 aromatic heterocycles. The van der Waals surface area contributed by atoms with Crippen LogP contribution in [0.3, 0.4) is 0 Å². The Labute approximate surface area is 189 Å². The van der Waals surface area contributed by atoms with E-state index in [0.29, 0.717) is 5.66 Å². The van der Waals surface area contributed by atoms with Crippen LogP contribution in [0.2, 0.25) is 0 Å². The second-order valence-electron chi connectivity index (χ2n) is 7.17. The van der Waals surface area contributed by atoms with E-state index in [1.807, 2.05) is 0 Å². The van der Waals surface area contributed by atoms with Crippen LogP contribution in [0, 0.1) is 5.41 Å². The van der Waals surface area contributed by atoms with Crippen molar-refractivity contribution in [2.24, 2.45) is 5.41 Å². The molecule has 2 aromatic carbocycles. The molecule has 0 radical (unpaired) electrons. The fourth-order valence-electron chi connectivity index (χ4n) is 3.99. The number of hydrogen-bond donors (Lipinski definition) is 0. The average molecular weight is 454 g/mol. The zero-order valence-electron chi connectivity index (χ0n) is 16.6. The Morgan fingerprint density at radius 2 is 1.19 bits per heavy atom. The van der Waals surface area contributed by atoms with Gasteiger partial charge in [-0.15, -0.1) is 24.8 Å². The molecule has 0 saturated carbocycles. The Hall–Kier alpha value is -0.356. The summed E-state index contributed by atoms with van der Waals surface area (Å²) in [7, 11) is -0.431. The zero-order valence-corrected chi connectivity index (χ0v) is 20.7. The van der Waals surface area contributed by atoms with Crippen molar-refractivity contribution in [2.45, 2.75) is 40.3 Å². The molecule has 0 heterocycles. The van der Waals surface area contributed by atoms with Gasteiger partial charge < -0.3 is 0 Å². The number of halogens is 2. The van der Waals surface area contributed by atoms with Crippen LogP contribution < -0.4 is 10.6 Å². The topological polar surface area (TPSA) is 0 Å². The second-order valence-corrected chi connectivity index (χ2v) is 10.5. The van der Waals surface area contributed by atoms with Gasteiger partial charge in [-0.25, -0.2) is 0 Å². The quantitative estimate of drug-likeness (QED) is 0.364. The Balaban J connectivity index is 0.00000182. The maximum Gasteiger partial charge on any atom is -0.147 e. The third kappa shape index (κ3) is 4.31. The van der Waals surface area contributed by atoms with E-state index in [1.165, 1.54) is 21.8 Å². The van der Waals surface area contributed by atoms with Crippen molar-refractivity contribution in [1.29, 1.82) is 0 Å². The fraction of sp³-hybridized carbons (Fsp3) is 0.304. The normalized spacial score (nSPS) is 20.3. The summed E-state index contributed by atoms with van der Waals surface area (Å²) in [5, 5.41) is 2.94. The van der Waals surface area contributed by atoms with Gasteiger partial charge in [0.15, 0.2) is 0 Å². The van der Waals surface area contributed by atoms with Crippen molar-refractivity contribution in [3.05, 3.63) is 81.3 Å². The van der Waals surface area contributed by atoms with E-state index in [0.717, 1.165) is 0 Å². The van der Waals surface area contributed by atoms with E-state index in [-0.39, 0.29) is 30.2 Å². The predicted octanol–water partition coefficient (Wildman–Crippen LogP) is 6.53. The van der Waals surface area contributed by atoms with Gasteiger partial charge in [0.05, 0.1) is 0 Å². The minimum atomic E-state index is -0.431. The average Bonchev–Trinajstić information content (AvgIpc) is 2.80. The van der Waals surface area contributed by atoms with Gasteiger partial charge in [-0.05, 0) is 0 Å². The van der Waals surface area contributed by atoms with Gasteiger partial charge in [-0.2, -0.15) is 0 Å². The van der Waals surface area contributed by atoms with Gasteiger partial charge in [0.25, 0.3) is 0 Å². The van der Waals surface area contributed by atoms with Crippen molar-refractivity contribution >= 4 is 43.3 Å². The van der Waals surface area contributed by atoms with E-state index in [2.05, 4.69) is 116 Å². The number of allylic oxidation sites excluding steroid dienone is 4. The number of benzene rings is 2. The molecule has 27 heavy (non-hydrogen) atoms. The number of rotatable bonds is 4. The molecule has 1 aliphatic carbocycles. The molecule has 0 fully saturated rings. The van der Waals surface area contributed by atoms with E-state index >= 15 is 0 Å². The van der Waals surface area contributed by atoms with Crippen LogP contribution in [0.5, 0.6) is 0 Å². The van der Waals surface area contributed by atoms with Crippen LogP contribution in [-0.4, -0.2) is 5.66 Å². The molecule has 0 saturated heterocycles. The third-order valence-electron chi connectivity index (χ3n) is 6.09. The maximum absolute atomic E-state index is 2.46. The zero-order chi connectivity index (χ0) is 18.2. The minimum absolute atomic E-state index is 0. The molecule has 1 aliphatic rings. The molecule has 0 aliphatic heterocycles. The molecule has 4 heteroatoms. The summed E-state index contributed by atoms with van der Waals surface area (Å²) in [6, 6.07) is 22.2. The third-order valence-corrected chi connectivity index (χ3v) is 10.5. The summed E-state index contributed by atoms with van der Waals surface area (Å²) in [4.78, 5) is 0. The van der Waals surface area contributed by atoms with E-state index in [9.17, 15) is 0 Å². The molecule has 0 amide bonds. The maximum atomic E-state index is 2.46. The molecule has 0 bridgehead atoms. The largest absolute Gasteiger partial charge is 0.147 e. The van der Waals surface area contributed by atoms with Crippen molar-refractivity contribution in [1.82, 2.24) is 0 Å². The van der Waals surface area contributed by atoms with Crippen LogP contribution in [0.4, 0.5) is 0 Å². The monoisotopic (exact) mass is 453 g/mol. The molecule has 2 aromatic rings. The molecule has 143 valence electrons. The standard InChI is InChI=1S/C23H26P.2ClH.Ti/c1-17-16-23(5,19(3)18(17)2)20(4)24(21-12-8-6-9-13-21)22-14-10-7-11-15-22;;;/h6-15,20H,1-5H3;2*1H;. The van der Waals surface area contributed by atoms with Gasteiger partial charge in [0.1, 0.15) is 0 Å². The SMILES string of the molecule is CC1=C(C)C(C)(C(C)P(c2ccccc2)c2ccccc2)[C]([Ti])=C1C.Cl.Cl. The first-order chi connectivity index (χ1) is 11.9. The van der Waals surface area contributed by atoms with Crippen LogP contribution in [0.25, 0.3) is 0 Å². The molecular formula is C23H28Cl2PTi. The Morgan fingerprint density at radius 3 is 1.52 bits per heavy atom. The van der Waals surface area contributed by atoms with Crippen LogP contribution in [0.1, 0.15) is 34.6 Å². The summed E-state index contributed by atoms with van der Waals surface area (Å²) in [5.74, 6) is 0. The van der Waals surface area contributed by atoms with Crippen molar-refractivity contribution in [3.63, 3.8) is 0 Å². The van der Waals surface area contributed by atoms with Crippen LogP contribution in [0.15, 0.2) is 81.3 Å². The smallest absolute Gasteiger partial charge is 0.147 e. The first-order valence-electron chi connectivity index (χ1n) is 8.89. The molecule has 0 N–H and O–H groups in total. The van der Waals surface area contributed by atoms with E-state index < -0.39 is 7.92 Å². The summed E-state index contributed by atoms with van der Waals surface area (Å²) >= 11 is 2.34. The Kier molecular flexibility index (Phi) is 9.06. The Morgan fingerprint density at radius 1 is 0.778 bits per heavy atom. The van der Waals surface area contributed by atoms with Gasteiger partial charge in [-0.1, -0.05) is 0 Å². The van der Waals surface area contributed by atoms with Crippen molar-refractivity contribution in [2.75, 3.05) is 0 Å². The molecule has 2 atom stereocenters. The minimum Gasteiger partial charge on any atom is -0.147 e. The van der Waals surface area contributed by atoms with Gasteiger partial charge in [0.2, 0.25) is 0 Å².